The standard InChI is InChI=1S/C34H41FN6O5S/c1-21(2)20-47(43,44)40-29-24-12-11-22(3)30(25(24)13-14-27(29)35)45-31-26(10-7-16-36-31)28-15-17-37-32(39-28)38-23-9-8-18-41(19-23)33(42)46-34(4,5)6/h7,10-17,21,23,40H,8-9,18-20H2,1-6H3,(H,37,38,39)/t23-/m0/s1. The van der Waals surface area contributed by atoms with E-state index < -0.39 is 21.4 Å². The first-order valence-corrected chi connectivity index (χ1v) is 17.3. The molecule has 0 radical (unpaired) electrons. The van der Waals surface area contributed by atoms with Crippen LogP contribution in [-0.4, -0.2) is 64.8 Å². The SMILES string of the molecule is Cc1ccc2c(NS(=O)(=O)CC(C)C)c(F)ccc2c1Oc1ncccc1-c1ccnc(N[C@H]2CCCN(C(=O)OC(C)(C)C)C2)n1. The first-order valence-electron chi connectivity index (χ1n) is 15.6. The summed E-state index contributed by atoms with van der Waals surface area (Å²) >= 11 is 0. The van der Waals surface area contributed by atoms with Gasteiger partial charge in [-0.3, -0.25) is 4.72 Å². The summed E-state index contributed by atoms with van der Waals surface area (Å²) in [4.78, 5) is 28.0. The molecule has 1 aliphatic heterocycles. The number of halogens is 1. The minimum atomic E-state index is -3.79. The molecule has 0 aliphatic carbocycles. The number of carbonyl (C=O) groups excluding carboxylic acids is 1. The average molecular weight is 665 g/mol. The Balaban J connectivity index is 1.41. The highest BCUT2D eigenvalue weighted by Gasteiger charge is 2.28. The van der Waals surface area contributed by atoms with Crippen molar-refractivity contribution in [3.8, 4) is 22.9 Å². The fourth-order valence-electron chi connectivity index (χ4n) is 5.45. The molecule has 2 aromatic heterocycles. The summed E-state index contributed by atoms with van der Waals surface area (Å²) in [6.45, 7) is 12.0. The Hall–Kier alpha value is -4.52. The maximum absolute atomic E-state index is 15.0. The van der Waals surface area contributed by atoms with E-state index in [1.807, 2.05) is 33.8 Å². The predicted octanol–water partition coefficient (Wildman–Crippen LogP) is 7.14. The minimum absolute atomic E-state index is 0.0676. The number of nitrogens with one attached hydrogen (secondary N) is 2. The molecule has 0 bridgehead atoms. The quantitative estimate of drug-likeness (QED) is 0.191. The highest BCUT2D eigenvalue weighted by Crippen LogP contribution is 2.39. The summed E-state index contributed by atoms with van der Waals surface area (Å²) in [6.07, 6.45) is 4.54. The van der Waals surface area contributed by atoms with Gasteiger partial charge in [0.1, 0.15) is 17.2 Å². The van der Waals surface area contributed by atoms with Gasteiger partial charge in [-0.2, -0.15) is 0 Å². The maximum atomic E-state index is 15.0. The molecule has 1 atom stereocenters. The third kappa shape index (κ3) is 8.45. The van der Waals surface area contributed by atoms with Gasteiger partial charge in [0.2, 0.25) is 21.9 Å². The van der Waals surface area contributed by atoms with Crippen molar-refractivity contribution >= 4 is 38.5 Å². The number of amides is 1. The van der Waals surface area contributed by atoms with Gasteiger partial charge in [-0.1, -0.05) is 26.0 Å². The van der Waals surface area contributed by atoms with E-state index in [4.69, 9.17) is 14.5 Å². The molecule has 0 spiro atoms. The van der Waals surface area contributed by atoms with Crippen molar-refractivity contribution in [3.63, 3.8) is 0 Å². The van der Waals surface area contributed by atoms with E-state index in [1.54, 1.807) is 61.5 Å². The van der Waals surface area contributed by atoms with Crippen LogP contribution in [0, 0.1) is 18.7 Å². The van der Waals surface area contributed by atoms with Crippen LogP contribution in [-0.2, 0) is 14.8 Å². The normalized spacial score (nSPS) is 15.5. The fourth-order valence-corrected chi connectivity index (χ4v) is 6.93. The van der Waals surface area contributed by atoms with Crippen molar-refractivity contribution < 1.29 is 27.1 Å². The molecule has 47 heavy (non-hydrogen) atoms. The number of anilines is 2. The Kier molecular flexibility index (Phi) is 9.85. The van der Waals surface area contributed by atoms with Gasteiger partial charge >= 0.3 is 6.09 Å². The zero-order valence-electron chi connectivity index (χ0n) is 27.5. The molecule has 3 heterocycles. The smallest absolute Gasteiger partial charge is 0.410 e. The lowest BCUT2D eigenvalue weighted by Gasteiger charge is -2.34. The van der Waals surface area contributed by atoms with Gasteiger partial charge in [0.05, 0.1) is 22.7 Å². The van der Waals surface area contributed by atoms with E-state index in [2.05, 4.69) is 20.0 Å². The van der Waals surface area contributed by atoms with Gasteiger partial charge in [-0.15, -0.1) is 0 Å². The largest absolute Gasteiger partial charge is 0.444 e. The lowest BCUT2D eigenvalue weighted by molar-refractivity contribution is 0.0206. The van der Waals surface area contributed by atoms with E-state index in [-0.39, 0.29) is 35.4 Å². The van der Waals surface area contributed by atoms with E-state index in [9.17, 15) is 13.2 Å². The number of nitrogens with zero attached hydrogens (tertiary/aromatic N) is 4. The second-order valence-electron chi connectivity index (χ2n) is 13.1. The van der Waals surface area contributed by atoms with Crippen LogP contribution in [0.15, 0.2) is 54.9 Å². The molecule has 2 aromatic carbocycles. The molecule has 0 unspecified atom stereocenters. The van der Waals surface area contributed by atoms with E-state index >= 15 is 4.39 Å². The van der Waals surface area contributed by atoms with Gasteiger partial charge in [0, 0.05) is 42.3 Å². The number of aryl methyl sites for hydroxylation is 1. The van der Waals surface area contributed by atoms with Crippen LogP contribution in [0.1, 0.15) is 53.0 Å². The molecule has 1 amide bonds. The number of rotatable bonds is 9. The zero-order valence-corrected chi connectivity index (χ0v) is 28.3. The zero-order chi connectivity index (χ0) is 33.9. The first kappa shape index (κ1) is 33.8. The lowest BCUT2D eigenvalue weighted by atomic mass is 10.0. The Morgan fingerprint density at radius 2 is 1.85 bits per heavy atom. The maximum Gasteiger partial charge on any atom is 0.410 e. The second kappa shape index (κ2) is 13.7. The number of hydrogen-bond donors (Lipinski definition) is 2. The van der Waals surface area contributed by atoms with Crippen LogP contribution in [0.4, 0.5) is 20.8 Å². The summed E-state index contributed by atoms with van der Waals surface area (Å²) in [5.74, 6) is 0.0843. The fraction of sp³-hybridized carbons (Fsp3) is 0.412. The third-order valence-corrected chi connectivity index (χ3v) is 9.04. The van der Waals surface area contributed by atoms with Crippen molar-refractivity contribution in [3.05, 3.63) is 66.2 Å². The first-order chi connectivity index (χ1) is 22.2. The molecule has 13 heteroatoms. The lowest BCUT2D eigenvalue weighted by Crippen LogP contribution is -2.47. The predicted molar refractivity (Wildman–Crippen MR) is 181 cm³/mol. The molecule has 0 saturated carbocycles. The molecular weight excluding hydrogens is 623 g/mol. The van der Waals surface area contributed by atoms with Crippen molar-refractivity contribution in [2.24, 2.45) is 5.92 Å². The Labute approximate surface area is 275 Å². The number of fused-ring (bicyclic) bond motifs is 1. The van der Waals surface area contributed by atoms with Crippen molar-refractivity contribution in [1.82, 2.24) is 19.9 Å². The number of likely N-dealkylation sites (tertiary alicyclic amines) is 1. The Morgan fingerprint density at radius 3 is 2.60 bits per heavy atom. The number of sulfonamides is 1. The molecule has 250 valence electrons. The molecule has 4 aromatic rings. The highest BCUT2D eigenvalue weighted by molar-refractivity contribution is 7.92. The van der Waals surface area contributed by atoms with Gasteiger partial charge in [-0.05, 0) is 82.3 Å². The molecular formula is C34H41FN6O5S. The molecule has 2 N–H and O–H groups in total. The number of piperidine rings is 1. The van der Waals surface area contributed by atoms with E-state index in [0.29, 0.717) is 46.8 Å². The molecule has 11 nitrogen and oxygen atoms in total. The van der Waals surface area contributed by atoms with Crippen molar-refractivity contribution in [2.75, 3.05) is 28.9 Å². The van der Waals surface area contributed by atoms with Gasteiger partial charge in [0.15, 0.2) is 0 Å². The summed E-state index contributed by atoms with van der Waals surface area (Å²) in [5, 5.41) is 4.23. The van der Waals surface area contributed by atoms with Gasteiger partial charge in [-0.25, -0.2) is 32.6 Å². The van der Waals surface area contributed by atoms with Crippen LogP contribution in [0.2, 0.25) is 0 Å². The van der Waals surface area contributed by atoms with E-state index in [1.165, 1.54) is 6.07 Å². The van der Waals surface area contributed by atoms with Crippen LogP contribution in [0.25, 0.3) is 22.0 Å². The van der Waals surface area contributed by atoms with E-state index in [0.717, 1.165) is 18.4 Å². The topological polar surface area (TPSA) is 136 Å². The summed E-state index contributed by atoms with van der Waals surface area (Å²) in [5.41, 5.74) is 1.18. The average Bonchev–Trinajstić information content (AvgIpc) is 2.99. The number of benzene rings is 2. The number of pyridine rings is 1. The number of aromatic nitrogens is 3. The van der Waals surface area contributed by atoms with Crippen molar-refractivity contribution in [1.29, 1.82) is 0 Å². The summed E-state index contributed by atoms with van der Waals surface area (Å²) < 4.78 is 54.9. The Morgan fingerprint density at radius 1 is 1.09 bits per heavy atom. The molecule has 5 rings (SSSR count). The highest BCUT2D eigenvalue weighted by atomic mass is 32.2. The van der Waals surface area contributed by atoms with Crippen LogP contribution in [0.3, 0.4) is 0 Å². The van der Waals surface area contributed by atoms with Crippen LogP contribution >= 0.6 is 0 Å². The molecule has 1 aliphatic rings. The molecule has 1 saturated heterocycles. The summed E-state index contributed by atoms with van der Waals surface area (Å²) in [7, 11) is -3.79. The summed E-state index contributed by atoms with van der Waals surface area (Å²) in [6, 6.07) is 11.5. The number of ether oxygens (including phenoxy) is 2. The van der Waals surface area contributed by atoms with Crippen LogP contribution in [0.5, 0.6) is 11.6 Å². The second-order valence-corrected chi connectivity index (χ2v) is 14.9. The number of hydrogen-bond acceptors (Lipinski definition) is 9. The van der Waals surface area contributed by atoms with Crippen LogP contribution < -0.4 is 14.8 Å². The Bertz CT molecular complexity index is 1880. The van der Waals surface area contributed by atoms with Crippen molar-refractivity contribution in [2.45, 2.75) is 66.0 Å². The monoisotopic (exact) mass is 664 g/mol. The number of carbonyl (C=O) groups is 1. The molecule has 1 fully saturated rings. The van der Waals surface area contributed by atoms with Gasteiger partial charge < -0.3 is 19.7 Å². The van der Waals surface area contributed by atoms with Gasteiger partial charge in [0.25, 0.3) is 0 Å². The minimum Gasteiger partial charge on any atom is -0.444 e. The third-order valence-electron chi connectivity index (χ3n) is 7.42.